The molecule has 5 heteroatoms. The summed E-state index contributed by atoms with van der Waals surface area (Å²) in [6, 6.07) is 5.02. The summed E-state index contributed by atoms with van der Waals surface area (Å²) in [6.45, 7) is 1.72. The molecule has 1 heterocycles. The van der Waals surface area contributed by atoms with Gasteiger partial charge in [-0.15, -0.1) is 5.10 Å². The smallest absolute Gasteiger partial charge is 0.187 e. The van der Waals surface area contributed by atoms with Gasteiger partial charge in [0.25, 0.3) is 0 Å². The monoisotopic (exact) mass is 219 g/mol. The van der Waals surface area contributed by atoms with Crippen molar-refractivity contribution in [3.63, 3.8) is 0 Å². The third kappa shape index (κ3) is 1.98. The number of carbonyl (C=O) groups is 1. The van der Waals surface area contributed by atoms with Crippen molar-refractivity contribution >= 4 is 5.78 Å². The summed E-state index contributed by atoms with van der Waals surface area (Å²) in [4.78, 5) is 11.9. The molecule has 2 aromatic rings. The maximum atomic E-state index is 12.7. The second-order valence-electron chi connectivity index (χ2n) is 3.43. The van der Waals surface area contributed by atoms with Crippen LogP contribution in [0.15, 0.2) is 36.7 Å². The summed E-state index contributed by atoms with van der Waals surface area (Å²) < 4.78 is 14.1. The molecule has 1 atom stereocenters. The van der Waals surface area contributed by atoms with E-state index in [1.165, 1.54) is 35.1 Å². The molecular weight excluding hydrogens is 209 g/mol. The molecule has 2 rings (SSSR count). The normalized spacial score (nSPS) is 12.4. The zero-order chi connectivity index (χ0) is 11.5. The number of halogens is 1. The van der Waals surface area contributed by atoms with Gasteiger partial charge >= 0.3 is 0 Å². The summed E-state index contributed by atoms with van der Waals surface area (Å²) in [5.74, 6) is -0.476. The lowest BCUT2D eigenvalue weighted by Gasteiger charge is -2.09. The van der Waals surface area contributed by atoms with Crippen LogP contribution in [0.4, 0.5) is 4.39 Å². The summed E-state index contributed by atoms with van der Waals surface area (Å²) in [7, 11) is 0. The molecule has 0 amide bonds. The van der Waals surface area contributed by atoms with E-state index in [0.717, 1.165) is 0 Å². The number of hydrogen-bond donors (Lipinski definition) is 0. The topological polar surface area (TPSA) is 47.8 Å². The number of nitrogens with zero attached hydrogens (tertiary/aromatic N) is 3. The van der Waals surface area contributed by atoms with Crippen LogP contribution in [0, 0.1) is 5.82 Å². The van der Waals surface area contributed by atoms with Crippen LogP contribution in [-0.4, -0.2) is 20.8 Å². The first kappa shape index (κ1) is 10.5. The van der Waals surface area contributed by atoms with E-state index in [0.29, 0.717) is 5.56 Å². The van der Waals surface area contributed by atoms with Crippen molar-refractivity contribution in [1.29, 1.82) is 0 Å². The zero-order valence-corrected chi connectivity index (χ0v) is 8.67. The molecule has 4 nitrogen and oxygen atoms in total. The highest BCUT2D eigenvalue weighted by Crippen LogP contribution is 2.13. The van der Waals surface area contributed by atoms with Gasteiger partial charge in [0.15, 0.2) is 5.78 Å². The molecule has 0 fully saturated rings. The molecule has 0 saturated carbocycles. The Hall–Kier alpha value is -2.04. The van der Waals surface area contributed by atoms with Gasteiger partial charge in [-0.3, -0.25) is 4.79 Å². The van der Waals surface area contributed by atoms with Crippen LogP contribution in [0.3, 0.4) is 0 Å². The first-order chi connectivity index (χ1) is 7.68. The molecule has 0 N–H and O–H groups in total. The van der Waals surface area contributed by atoms with Crippen LogP contribution < -0.4 is 0 Å². The minimum absolute atomic E-state index is 0.120. The highest BCUT2D eigenvalue weighted by molar-refractivity contribution is 5.98. The van der Waals surface area contributed by atoms with E-state index in [1.807, 2.05) is 0 Å². The number of Topliss-reactive ketones (excluding diaryl/α,β-unsaturated/α-hetero) is 1. The van der Waals surface area contributed by atoms with Crippen molar-refractivity contribution in [2.75, 3.05) is 0 Å². The number of benzene rings is 1. The molecule has 0 radical (unpaired) electrons. The van der Waals surface area contributed by atoms with Crippen molar-refractivity contribution in [2.24, 2.45) is 0 Å². The van der Waals surface area contributed by atoms with E-state index in [2.05, 4.69) is 10.3 Å². The lowest BCUT2D eigenvalue weighted by Crippen LogP contribution is -2.17. The van der Waals surface area contributed by atoms with Crippen molar-refractivity contribution in [2.45, 2.75) is 13.0 Å². The molecule has 1 unspecified atom stereocenters. The van der Waals surface area contributed by atoms with Crippen LogP contribution in [0.25, 0.3) is 0 Å². The van der Waals surface area contributed by atoms with Crippen molar-refractivity contribution in [3.8, 4) is 0 Å². The standard InChI is InChI=1S/C11H10FN3O/c1-8(15-7-6-13-14-15)11(16)9-2-4-10(12)5-3-9/h2-8H,1H3. The van der Waals surface area contributed by atoms with Gasteiger partial charge in [-0.25, -0.2) is 9.07 Å². The maximum Gasteiger partial charge on any atom is 0.187 e. The first-order valence-corrected chi connectivity index (χ1v) is 4.84. The van der Waals surface area contributed by atoms with Gasteiger partial charge in [0.05, 0.1) is 6.20 Å². The van der Waals surface area contributed by atoms with E-state index in [4.69, 9.17) is 0 Å². The molecule has 16 heavy (non-hydrogen) atoms. The SMILES string of the molecule is CC(C(=O)c1ccc(F)cc1)n1ccnn1. The third-order valence-corrected chi connectivity index (χ3v) is 2.35. The Morgan fingerprint density at radius 2 is 2.06 bits per heavy atom. The minimum atomic E-state index is -0.437. The maximum absolute atomic E-state index is 12.7. The molecule has 0 aliphatic carbocycles. The predicted octanol–water partition coefficient (Wildman–Crippen LogP) is 1.86. The molecule has 0 saturated heterocycles. The second kappa shape index (κ2) is 4.22. The Kier molecular flexibility index (Phi) is 2.76. The summed E-state index contributed by atoms with van der Waals surface area (Å²) >= 11 is 0. The Labute approximate surface area is 91.7 Å². The minimum Gasteiger partial charge on any atom is -0.292 e. The highest BCUT2D eigenvalue weighted by Gasteiger charge is 2.17. The number of rotatable bonds is 3. The van der Waals surface area contributed by atoms with Crippen molar-refractivity contribution in [1.82, 2.24) is 15.0 Å². The van der Waals surface area contributed by atoms with Crippen LogP contribution in [0.1, 0.15) is 23.3 Å². The fourth-order valence-corrected chi connectivity index (χ4v) is 1.40. The molecule has 82 valence electrons. The van der Waals surface area contributed by atoms with E-state index in [-0.39, 0.29) is 11.6 Å². The van der Waals surface area contributed by atoms with Crippen LogP contribution in [0.5, 0.6) is 0 Å². The number of hydrogen-bond acceptors (Lipinski definition) is 3. The average Bonchev–Trinajstić information content (AvgIpc) is 2.81. The fraction of sp³-hybridized carbons (Fsp3) is 0.182. The number of ketones is 1. The van der Waals surface area contributed by atoms with Gasteiger partial charge in [-0.1, -0.05) is 5.21 Å². The lowest BCUT2D eigenvalue weighted by atomic mass is 10.1. The zero-order valence-electron chi connectivity index (χ0n) is 8.67. The second-order valence-corrected chi connectivity index (χ2v) is 3.43. The van der Waals surface area contributed by atoms with Gasteiger partial charge in [-0.2, -0.15) is 0 Å². The average molecular weight is 219 g/mol. The molecule has 1 aromatic heterocycles. The van der Waals surface area contributed by atoms with Gasteiger partial charge < -0.3 is 0 Å². The van der Waals surface area contributed by atoms with Crippen LogP contribution in [0.2, 0.25) is 0 Å². The van der Waals surface area contributed by atoms with Gasteiger partial charge in [-0.05, 0) is 31.2 Å². The Morgan fingerprint density at radius 1 is 1.38 bits per heavy atom. The molecule has 0 aliphatic heterocycles. The Morgan fingerprint density at radius 3 is 2.62 bits per heavy atom. The molecule has 0 spiro atoms. The highest BCUT2D eigenvalue weighted by atomic mass is 19.1. The third-order valence-electron chi connectivity index (χ3n) is 2.35. The molecule has 0 aliphatic rings. The predicted molar refractivity (Wildman–Crippen MR) is 55.5 cm³/mol. The quantitative estimate of drug-likeness (QED) is 0.740. The van der Waals surface area contributed by atoms with Crippen molar-refractivity contribution < 1.29 is 9.18 Å². The van der Waals surface area contributed by atoms with E-state index >= 15 is 0 Å². The van der Waals surface area contributed by atoms with E-state index in [9.17, 15) is 9.18 Å². The van der Waals surface area contributed by atoms with E-state index < -0.39 is 6.04 Å². The van der Waals surface area contributed by atoms with Gasteiger partial charge in [0.1, 0.15) is 11.9 Å². The van der Waals surface area contributed by atoms with Gasteiger partial charge in [0.2, 0.25) is 0 Å². The summed E-state index contributed by atoms with van der Waals surface area (Å²) in [5.41, 5.74) is 0.462. The first-order valence-electron chi connectivity index (χ1n) is 4.84. The molecule has 1 aromatic carbocycles. The number of aromatic nitrogens is 3. The Bertz CT molecular complexity index is 478. The van der Waals surface area contributed by atoms with Gasteiger partial charge in [0, 0.05) is 11.8 Å². The van der Waals surface area contributed by atoms with E-state index in [1.54, 1.807) is 13.1 Å². The Balaban J connectivity index is 2.22. The molecular formula is C11H10FN3O. The molecule has 0 bridgehead atoms. The fourth-order valence-electron chi connectivity index (χ4n) is 1.40. The van der Waals surface area contributed by atoms with Crippen LogP contribution >= 0.6 is 0 Å². The summed E-state index contributed by atoms with van der Waals surface area (Å²) in [6.07, 6.45) is 3.13. The summed E-state index contributed by atoms with van der Waals surface area (Å²) in [5, 5.41) is 7.39. The number of carbonyl (C=O) groups excluding carboxylic acids is 1. The largest absolute Gasteiger partial charge is 0.292 e. The van der Waals surface area contributed by atoms with Crippen LogP contribution in [-0.2, 0) is 0 Å². The lowest BCUT2D eigenvalue weighted by molar-refractivity contribution is 0.0927. The van der Waals surface area contributed by atoms with Crippen molar-refractivity contribution in [3.05, 3.63) is 48.0 Å².